The number of benzene rings is 2. The quantitative estimate of drug-likeness (QED) is 0.718. The van der Waals surface area contributed by atoms with Crippen molar-refractivity contribution in [1.82, 2.24) is 10.1 Å². The lowest BCUT2D eigenvalue weighted by molar-refractivity contribution is 0.411. The van der Waals surface area contributed by atoms with Gasteiger partial charge in [0.05, 0.1) is 0 Å². The average molecular weight is 266 g/mol. The van der Waals surface area contributed by atoms with Crippen molar-refractivity contribution >= 4 is 12.2 Å². The fourth-order valence-electron chi connectivity index (χ4n) is 1.75. The van der Waals surface area contributed by atoms with Gasteiger partial charge in [-0.3, -0.25) is 0 Å². The van der Waals surface area contributed by atoms with Gasteiger partial charge in [0.25, 0.3) is 5.89 Å². The SMILES string of the molecule is Fc1ccc(-c2noc(/C=C/c3ccccc3)n2)cc1. The highest BCUT2D eigenvalue weighted by molar-refractivity contribution is 5.66. The summed E-state index contributed by atoms with van der Waals surface area (Å²) >= 11 is 0. The summed E-state index contributed by atoms with van der Waals surface area (Å²) in [5, 5.41) is 3.87. The molecule has 0 amide bonds. The molecule has 1 heterocycles. The van der Waals surface area contributed by atoms with Crippen LogP contribution in [0.3, 0.4) is 0 Å². The van der Waals surface area contributed by atoms with Crippen LogP contribution in [0.5, 0.6) is 0 Å². The van der Waals surface area contributed by atoms with E-state index < -0.39 is 0 Å². The van der Waals surface area contributed by atoms with E-state index in [9.17, 15) is 4.39 Å². The standard InChI is InChI=1S/C16H11FN2O/c17-14-9-7-13(8-10-14)16-18-15(20-19-16)11-6-12-4-2-1-3-5-12/h1-11H/b11-6+. The molecule has 0 spiro atoms. The fraction of sp³-hybridized carbons (Fsp3) is 0. The molecule has 3 aromatic rings. The van der Waals surface area contributed by atoms with E-state index in [2.05, 4.69) is 10.1 Å². The van der Waals surface area contributed by atoms with Crippen molar-refractivity contribution in [2.75, 3.05) is 0 Å². The summed E-state index contributed by atoms with van der Waals surface area (Å²) in [6, 6.07) is 15.8. The molecular formula is C16H11FN2O. The molecule has 3 nitrogen and oxygen atoms in total. The molecule has 0 aliphatic rings. The zero-order chi connectivity index (χ0) is 13.8. The van der Waals surface area contributed by atoms with E-state index in [1.807, 2.05) is 36.4 Å². The van der Waals surface area contributed by atoms with E-state index in [-0.39, 0.29) is 5.82 Å². The molecule has 0 atom stereocenters. The summed E-state index contributed by atoms with van der Waals surface area (Å²) in [5.74, 6) is 0.562. The summed E-state index contributed by atoms with van der Waals surface area (Å²) < 4.78 is 18.0. The van der Waals surface area contributed by atoms with Gasteiger partial charge in [-0.1, -0.05) is 35.5 Å². The number of hydrogen-bond donors (Lipinski definition) is 0. The summed E-state index contributed by atoms with van der Waals surface area (Å²) in [5.41, 5.74) is 1.77. The van der Waals surface area contributed by atoms with E-state index in [0.29, 0.717) is 11.7 Å². The fourth-order valence-corrected chi connectivity index (χ4v) is 1.75. The van der Waals surface area contributed by atoms with E-state index >= 15 is 0 Å². The number of nitrogens with zero attached hydrogens (tertiary/aromatic N) is 2. The van der Waals surface area contributed by atoms with Gasteiger partial charge in [-0.15, -0.1) is 0 Å². The van der Waals surface area contributed by atoms with Crippen LogP contribution < -0.4 is 0 Å². The van der Waals surface area contributed by atoms with Crippen molar-refractivity contribution in [1.29, 1.82) is 0 Å². The van der Waals surface area contributed by atoms with Gasteiger partial charge < -0.3 is 4.52 Å². The predicted molar refractivity (Wildman–Crippen MR) is 75.1 cm³/mol. The Balaban J connectivity index is 1.80. The third-order valence-electron chi connectivity index (χ3n) is 2.76. The normalized spacial score (nSPS) is 11.1. The Kier molecular flexibility index (Phi) is 3.37. The first-order valence-corrected chi connectivity index (χ1v) is 6.14. The Labute approximate surface area is 115 Å². The molecule has 0 unspecified atom stereocenters. The van der Waals surface area contributed by atoms with Crippen molar-refractivity contribution in [3.8, 4) is 11.4 Å². The number of hydrogen-bond acceptors (Lipinski definition) is 3. The second-order valence-electron chi connectivity index (χ2n) is 4.21. The molecule has 0 saturated heterocycles. The van der Waals surface area contributed by atoms with E-state index in [1.165, 1.54) is 12.1 Å². The molecule has 98 valence electrons. The smallest absolute Gasteiger partial charge is 0.250 e. The molecule has 1 aromatic heterocycles. The summed E-state index contributed by atoms with van der Waals surface area (Å²) in [7, 11) is 0. The summed E-state index contributed by atoms with van der Waals surface area (Å²) in [6.07, 6.45) is 3.64. The lowest BCUT2D eigenvalue weighted by Gasteiger charge is -1.92. The zero-order valence-electron chi connectivity index (χ0n) is 10.5. The molecule has 4 heteroatoms. The average Bonchev–Trinajstić information content (AvgIpc) is 2.96. The van der Waals surface area contributed by atoms with Gasteiger partial charge in [0, 0.05) is 11.6 Å². The third kappa shape index (κ3) is 2.80. The maximum Gasteiger partial charge on any atom is 0.250 e. The highest BCUT2D eigenvalue weighted by atomic mass is 19.1. The van der Waals surface area contributed by atoms with Crippen molar-refractivity contribution < 1.29 is 8.91 Å². The first-order chi connectivity index (χ1) is 9.81. The second-order valence-corrected chi connectivity index (χ2v) is 4.21. The Morgan fingerprint density at radius 3 is 2.40 bits per heavy atom. The van der Waals surface area contributed by atoms with Crippen molar-refractivity contribution in [3.63, 3.8) is 0 Å². The third-order valence-corrected chi connectivity index (χ3v) is 2.76. The molecule has 0 aliphatic carbocycles. The molecule has 0 aliphatic heterocycles. The molecule has 2 aromatic carbocycles. The lowest BCUT2D eigenvalue weighted by Crippen LogP contribution is -1.81. The van der Waals surface area contributed by atoms with Crippen molar-refractivity contribution in [2.24, 2.45) is 0 Å². The molecule has 0 N–H and O–H groups in total. The molecule has 0 radical (unpaired) electrons. The van der Waals surface area contributed by atoms with Crippen molar-refractivity contribution in [3.05, 3.63) is 71.9 Å². The Morgan fingerprint density at radius 2 is 1.65 bits per heavy atom. The summed E-state index contributed by atoms with van der Waals surface area (Å²) in [6.45, 7) is 0. The van der Waals surface area contributed by atoms with Crippen LogP contribution in [0.1, 0.15) is 11.5 Å². The molecule has 0 fully saturated rings. The summed E-state index contributed by atoms with van der Waals surface area (Å²) in [4.78, 5) is 4.24. The number of halogens is 1. The van der Waals surface area contributed by atoms with Crippen molar-refractivity contribution in [2.45, 2.75) is 0 Å². The van der Waals surface area contributed by atoms with Crippen LogP contribution in [0, 0.1) is 5.82 Å². The van der Waals surface area contributed by atoms with E-state index in [4.69, 9.17) is 4.52 Å². The molecule has 20 heavy (non-hydrogen) atoms. The Morgan fingerprint density at radius 1 is 0.900 bits per heavy atom. The number of rotatable bonds is 3. The first-order valence-electron chi connectivity index (χ1n) is 6.14. The topological polar surface area (TPSA) is 38.9 Å². The van der Waals surface area contributed by atoms with Gasteiger partial charge in [-0.05, 0) is 35.9 Å². The lowest BCUT2D eigenvalue weighted by atomic mass is 10.2. The van der Waals surface area contributed by atoms with Crippen LogP contribution in [-0.4, -0.2) is 10.1 Å². The van der Waals surface area contributed by atoms with Gasteiger partial charge in [0.2, 0.25) is 5.82 Å². The minimum absolute atomic E-state index is 0.290. The van der Waals surface area contributed by atoms with Crippen LogP contribution in [0.15, 0.2) is 59.1 Å². The molecule has 0 bridgehead atoms. The van der Waals surface area contributed by atoms with E-state index in [1.54, 1.807) is 18.2 Å². The van der Waals surface area contributed by atoms with Crippen LogP contribution in [0.2, 0.25) is 0 Å². The van der Waals surface area contributed by atoms with Crippen LogP contribution in [0.25, 0.3) is 23.5 Å². The minimum atomic E-state index is -0.290. The van der Waals surface area contributed by atoms with Gasteiger partial charge >= 0.3 is 0 Å². The van der Waals surface area contributed by atoms with Crippen LogP contribution in [0.4, 0.5) is 4.39 Å². The monoisotopic (exact) mass is 266 g/mol. The predicted octanol–water partition coefficient (Wildman–Crippen LogP) is 4.05. The molecule has 0 saturated carbocycles. The van der Waals surface area contributed by atoms with Gasteiger partial charge in [0.1, 0.15) is 5.82 Å². The Hall–Kier alpha value is -2.75. The highest BCUT2D eigenvalue weighted by Crippen LogP contribution is 2.17. The molecule has 3 rings (SSSR count). The highest BCUT2D eigenvalue weighted by Gasteiger charge is 2.06. The van der Waals surface area contributed by atoms with Crippen LogP contribution >= 0.6 is 0 Å². The van der Waals surface area contributed by atoms with Gasteiger partial charge in [0.15, 0.2) is 0 Å². The molecular weight excluding hydrogens is 255 g/mol. The largest absolute Gasteiger partial charge is 0.334 e. The van der Waals surface area contributed by atoms with Crippen LogP contribution in [-0.2, 0) is 0 Å². The first kappa shape index (κ1) is 12.3. The minimum Gasteiger partial charge on any atom is -0.334 e. The maximum absolute atomic E-state index is 12.8. The van der Waals surface area contributed by atoms with Gasteiger partial charge in [-0.2, -0.15) is 4.98 Å². The second kappa shape index (κ2) is 5.48. The van der Waals surface area contributed by atoms with Gasteiger partial charge in [-0.25, -0.2) is 4.39 Å². The van der Waals surface area contributed by atoms with E-state index in [0.717, 1.165) is 11.1 Å². The maximum atomic E-state index is 12.8. The Bertz CT molecular complexity index is 718. The number of aromatic nitrogens is 2. The zero-order valence-corrected chi connectivity index (χ0v) is 10.5.